The number of guanidine groups is 1. The largest absolute Gasteiger partial charge is 0.355 e. The molecular weight excluding hydrogens is 334 g/mol. The molecule has 0 spiro atoms. The third-order valence-electron chi connectivity index (χ3n) is 4.85. The van der Waals surface area contributed by atoms with Gasteiger partial charge in [0.15, 0.2) is 5.96 Å². The van der Waals surface area contributed by atoms with Gasteiger partial charge in [0.2, 0.25) is 0 Å². The van der Waals surface area contributed by atoms with Crippen molar-refractivity contribution in [3.8, 4) is 0 Å². The zero-order valence-electron chi connectivity index (χ0n) is 15.9. The Morgan fingerprint density at radius 2 is 1.76 bits per heavy atom. The molecule has 0 bridgehead atoms. The van der Waals surface area contributed by atoms with Crippen LogP contribution in [0.4, 0.5) is 0 Å². The third kappa shape index (κ3) is 6.49. The average Bonchev–Trinajstić information content (AvgIpc) is 2.60. The topological polar surface area (TPSA) is 42.9 Å². The number of benzene rings is 1. The Hall–Kier alpha value is -1.30. The van der Waals surface area contributed by atoms with Gasteiger partial charge in [-0.25, -0.2) is 0 Å². The van der Waals surface area contributed by atoms with Crippen LogP contribution in [0, 0.1) is 5.92 Å². The van der Waals surface area contributed by atoms with Crippen molar-refractivity contribution in [2.24, 2.45) is 10.9 Å². The molecule has 25 heavy (non-hydrogen) atoms. The quantitative estimate of drug-likeness (QED) is 0.599. The fraction of sp³-hybridized carbons (Fsp3) is 0.632. The molecule has 0 aliphatic carbocycles. The summed E-state index contributed by atoms with van der Waals surface area (Å²) in [6.07, 6.45) is 0. The van der Waals surface area contributed by atoms with E-state index < -0.39 is 0 Å². The summed E-state index contributed by atoms with van der Waals surface area (Å²) >= 11 is 5.93. The van der Waals surface area contributed by atoms with Crippen LogP contribution in [-0.2, 0) is 6.54 Å². The van der Waals surface area contributed by atoms with E-state index >= 15 is 0 Å². The molecule has 0 amide bonds. The zero-order chi connectivity index (χ0) is 18.2. The number of hydrogen-bond acceptors (Lipinski definition) is 3. The van der Waals surface area contributed by atoms with Crippen molar-refractivity contribution in [1.82, 2.24) is 20.4 Å². The van der Waals surface area contributed by atoms with Crippen molar-refractivity contribution < 1.29 is 0 Å². The van der Waals surface area contributed by atoms with Gasteiger partial charge in [-0.3, -0.25) is 9.89 Å². The standard InChI is InChI=1S/C19H32ClN5/c1-15(2)18(25-11-9-24(4)10-12-25)14-23-19(21-3)22-13-16-5-7-17(20)8-6-16/h5-8,15,18H,9-14H2,1-4H3,(H2,21,22,23). The van der Waals surface area contributed by atoms with Gasteiger partial charge in [0, 0.05) is 57.4 Å². The zero-order valence-corrected chi connectivity index (χ0v) is 16.7. The lowest BCUT2D eigenvalue weighted by Gasteiger charge is -2.40. The van der Waals surface area contributed by atoms with E-state index in [1.165, 1.54) is 5.56 Å². The minimum absolute atomic E-state index is 0.516. The summed E-state index contributed by atoms with van der Waals surface area (Å²) in [6, 6.07) is 8.41. The molecule has 1 aliphatic rings. The molecule has 1 atom stereocenters. The van der Waals surface area contributed by atoms with E-state index in [-0.39, 0.29) is 0 Å². The predicted octanol–water partition coefficient (Wildman–Crippen LogP) is 2.28. The summed E-state index contributed by atoms with van der Waals surface area (Å²) in [7, 11) is 4.01. The molecular formula is C19H32ClN5. The van der Waals surface area contributed by atoms with Crippen LogP contribution in [0.3, 0.4) is 0 Å². The van der Waals surface area contributed by atoms with Crippen LogP contribution in [0.5, 0.6) is 0 Å². The first kappa shape index (κ1) is 20.0. The van der Waals surface area contributed by atoms with Crippen molar-refractivity contribution in [2.45, 2.75) is 26.4 Å². The highest BCUT2D eigenvalue weighted by molar-refractivity contribution is 6.30. The summed E-state index contributed by atoms with van der Waals surface area (Å²) in [5.74, 6) is 1.44. The molecule has 0 radical (unpaired) electrons. The first-order chi connectivity index (χ1) is 12.0. The van der Waals surface area contributed by atoms with Gasteiger partial charge in [-0.2, -0.15) is 0 Å². The molecule has 1 fully saturated rings. The number of aliphatic imine (C=N–C) groups is 1. The fourth-order valence-corrected chi connectivity index (χ4v) is 3.28. The van der Waals surface area contributed by atoms with Gasteiger partial charge in [-0.15, -0.1) is 0 Å². The Bertz CT molecular complexity index is 535. The molecule has 5 nitrogen and oxygen atoms in total. The van der Waals surface area contributed by atoms with Gasteiger partial charge < -0.3 is 15.5 Å². The van der Waals surface area contributed by atoms with E-state index in [2.05, 4.69) is 46.3 Å². The number of nitrogens with zero attached hydrogens (tertiary/aromatic N) is 3. The van der Waals surface area contributed by atoms with Crippen LogP contribution in [0.1, 0.15) is 19.4 Å². The lowest BCUT2D eigenvalue weighted by atomic mass is 10.0. The lowest BCUT2D eigenvalue weighted by molar-refractivity contribution is 0.0900. The molecule has 2 rings (SSSR count). The number of hydrogen-bond donors (Lipinski definition) is 2. The number of rotatable bonds is 6. The number of piperazine rings is 1. The minimum atomic E-state index is 0.516. The fourth-order valence-electron chi connectivity index (χ4n) is 3.15. The van der Waals surface area contributed by atoms with Crippen LogP contribution in [0.2, 0.25) is 5.02 Å². The third-order valence-corrected chi connectivity index (χ3v) is 5.10. The van der Waals surface area contributed by atoms with Gasteiger partial charge in [0.25, 0.3) is 0 Å². The molecule has 0 aromatic heterocycles. The van der Waals surface area contributed by atoms with Gasteiger partial charge in [-0.05, 0) is 30.7 Å². The first-order valence-electron chi connectivity index (χ1n) is 9.11. The summed E-state index contributed by atoms with van der Waals surface area (Å²) in [6.45, 7) is 10.8. The van der Waals surface area contributed by atoms with E-state index in [0.29, 0.717) is 12.0 Å². The normalized spacial score (nSPS) is 18.4. The van der Waals surface area contributed by atoms with Gasteiger partial charge in [0.05, 0.1) is 0 Å². The minimum Gasteiger partial charge on any atom is -0.355 e. The Kier molecular flexibility index (Phi) is 8.00. The van der Waals surface area contributed by atoms with E-state index in [9.17, 15) is 0 Å². The Labute approximate surface area is 157 Å². The maximum absolute atomic E-state index is 5.93. The monoisotopic (exact) mass is 365 g/mol. The summed E-state index contributed by atoms with van der Waals surface area (Å²) in [5, 5.41) is 7.64. The van der Waals surface area contributed by atoms with Crippen molar-refractivity contribution in [3.63, 3.8) is 0 Å². The number of likely N-dealkylation sites (N-methyl/N-ethyl adjacent to an activating group) is 1. The highest BCUT2D eigenvalue weighted by Crippen LogP contribution is 2.13. The number of halogens is 1. The van der Waals surface area contributed by atoms with Crippen LogP contribution >= 0.6 is 11.6 Å². The van der Waals surface area contributed by atoms with Crippen LogP contribution in [0.15, 0.2) is 29.3 Å². The van der Waals surface area contributed by atoms with Crippen molar-refractivity contribution in [2.75, 3.05) is 46.8 Å². The molecule has 1 heterocycles. The Morgan fingerprint density at radius 3 is 2.32 bits per heavy atom. The second kappa shape index (κ2) is 10.00. The average molecular weight is 366 g/mol. The molecule has 1 aliphatic heterocycles. The smallest absolute Gasteiger partial charge is 0.191 e. The Balaban J connectivity index is 1.83. The second-order valence-electron chi connectivity index (χ2n) is 7.08. The Morgan fingerprint density at radius 1 is 1.12 bits per heavy atom. The SMILES string of the molecule is CN=C(NCc1ccc(Cl)cc1)NCC(C(C)C)N1CCN(C)CC1. The van der Waals surface area contributed by atoms with Crippen LogP contribution in [-0.4, -0.2) is 68.6 Å². The van der Waals surface area contributed by atoms with Crippen LogP contribution in [0.25, 0.3) is 0 Å². The highest BCUT2D eigenvalue weighted by Gasteiger charge is 2.24. The summed E-state index contributed by atoms with van der Waals surface area (Å²) < 4.78 is 0. The molecule has 140 valence electrons. The second-order valence-corrected chi connectivity index (χ2v) is 7.52. The predicted molar refractivity (Wildman–Crippen MR) is 107 cm³/mol. The number of nitrogens with one attached hydrogen (secondary N) is 2. The molecule has 6 heteroatoms. The molecule has 1 unspecified atom stereocenters. The van der Waals surface area contributed by atoms with E-state index in [4.69, 9.17) is 11.6 Å². The lowest BCUT2D eigenvalue weighted by Crippen LogP contribution is -2.55. The van der Waals surface area contributed by atoms with Crippen molar-refractivity contribution >= 4 is 17.6 Å². The van der Waals surface area contributed by atoms with E-state index in [1.54, 1.807) is 0 Å². The molecule has 0 saturated carbocycles. The highest BCUT2D eigenvalue weighted by atomic mass is 35.5. The maximum atomic E-state index is 5.93. The maximum Gasteiger partial charge on any atom is 0.191 e. The molecule has 1 saturated heterocycles. The molecule has 1 aromatic carbocycles. The molecule has 2 N–H and O–H groups in total. The summed E-state index contributed by atoms with van der Waals surface area (Å²) in [4.78, 5) is 9.35. The van der Waals surface area contributed by atoms with E-state index in [1.807, 2.05) is 31.3 Å². The van der Waals surface area contributed by atoms with Crippen molar-refractivity contribution in [3.05, 3.63) is 34.9 Å². The van der Waals surface area contributed by atoms with Crippen molar-refractivity contribution in [1.29, 1.82) is 0 Å². The van der Waals surface area contributed by atoms with Crippen LogP contribution < -0.4 is 10.6 Å². The van der Waals surface area contributed by atoms with Gasteiger partial charge in [-0.1, -0.05) is 37.6 Å². The van der Waals surface area contributed by atoms with Gasteiger partial charge in [0.1, 0.15) is 0 Å². The van der Waals surface area contributed by atoms with E-state index in [0.717, 1.165) is 50.3 Å². The molecule has 1 aromatic rings. The first-order valence-corrected chi connectivity index (χ1v) is 9.49. The van der Waals surface area contributed by atoms with Gasteiger partial charge >= 0.3 is 0 Å². The summed E-state index contributed by atoms with van der Waals surface area (Å²) in [5.41, 5.74) is 1.19.